The van der Waals surface area contributed by atoms with Crippen molar-refractivity contribution in [2.75, 3.05) is 33.1 Å². The van der Waals surface area contributed by atoms with Crippen molar-refractivity contribution in [1.29, 1.82) is 0 Å². The number of nitrogens with two attached hydrogens (primary N) is 1. The van der Waals surface area contributed by atoms with E-state index in [4.69, 9.17) is 5.73 Å². The average Bonchev–Trinajstić information content (AvgIpc) is 2.93. The quantitative estimate of drug-likeness (QED) is 0.239. The van der Waals surface area contributed by atoms with E-state index in [1.807, 2.05) is 0 Å². The summed E-state index contributed by atoms with van der Waals surface area (Å²) in [7, 11) is 6.69. The highest BCUT2D eigenvalue weighted by atomic mass is 16.3. The van der Waals surface area contributed by atoms with Gasteiger partial charge in [-0.3, -0.25) is 19.3 Å². The number of carbonyl (C=O) groups is 3. The maximum Gasteiger partial charge on any atom is 0.255 e. The number of hydrogen-bond acceptors (Lipinski definition) is 11. The molecule has 0 aliphatic heterocycles. The fraction of sp³-hybridized carbons (Fsp3) is 0.333. The first-order valence-corrected chi connectivity index (χ1v) is 13.1. The van der Waals surface area contributed by atoms with Crippen LogP contribution in [-0.2, 0) is 16.0 Å². The second-order valence-electron chi connectivity index (χ2n) is 11.1. The van der Waals surface area contributed by atoms with E-state index in [9.17, 15) is 34.6 Å². The maximum absolute atomic E-state index is 14.2. The number of aliphatic hydroxyl groups excluding tert-OH is 2. The topological polar surface area (TPSA) is 187 Å². The van der Waals surface area contributed by atoms with Crippen LogP contribution in [0.4, 0.5) is 11.4 Å². The number of ketones is 2. The zero-order valence-electron chi connectivity index (χ0n) is 23.4. The zero-order valence-corrected chi connectivity index (χ0v) is 23.4. The monoisotopic (exact) mass is 571 g/mol. The van der Waals surface area contributed by atoms with Gasteiger partial charge in [-0.25, -0.2) is 4.98 Å². The van der Waals surface area contributed by atoms with Crippen molar-refractivity contribution in [2.45, 2.75) is 24.5 Å². The molecular formula is C30H29N5O7. The number of rotatable bonds is 4. The van der Waals surface area contributed by atoms with Crippen molar-refractivity contribution < 1.29 is 29.7 Å². The highest BCUT2D eigenvalue weighted by Crippen LogP contribution is 2.53. The molecule has 3 aliphatic carbocycles. The normalized spacial score (nSPS) is 24.9. The predicted molar refractivity (Wildman–Crippen MR) is 152 cm³/mol. The lowest BCUT2D eigenvalue weighted by molar-refractivity contribution is -0.148. The summed E-state index contributed by atoms with van der Waals surface area (Å²) in [4.78, 5) is 59.5. The van der Waals surface area contributed by atoms with E-state index in [-0.39, 0.29) is 35.2 Å². The Morgan fingerprint density at radius 3 is 2.45 bits per heavy atom. The van der Waals surface area contributed by atoms with E-state index in [0.29, 0.717) is 16.9 Å². The van der Waals surface area contributed by atoms with E-state index in [1.54, 1.807) is 63.6 Å². The second-order valence-corrected chi connectivity index (χ2v) is 11.1. The van der Waals surface area contributed by atoms with E-state index in [1.165, 1.54) is 4.90 Å². The Bertz CT molecular complexity index is 1680. The third-order valence-corrected chi connectivity index (χ3v) is 8.26. The van der Waals surface area contributed by atoms with Crippen LogP contribution >= 0.6 is 0 Å². The van der Waals surface area contributed by atoms with Gasteiger partial charge < -0.3 is 26.0 Å². The number of carbonyl (C=O) groups excluding carboxylic acids is 3. The van der Waals surface area contributed by atoms with Crippen molar-refractivity contribution in [1.82, 2.24) is 9.88 Å². The van der Waals surface area contributed by atoms with Crippen LogP contribution in [0.15, 0.2) is 58.3 Å². The van der Waals surface area contributed by atoms with Gasteiger partial charge in [0.2, 0.25) is 5.78 Å². The van der Waals surface area contributed by atoms with E-state index < -0.39 is 58.0 Å². The van der Waals surface area contributed by atoms with Gasteiger partial charge in [0, 0.05) is 37.5 Å². The zero-order chi connectivity index (χ0) is 30.7. The fourth-order valence-electron chi connectivity index (χ4n) is 6.46. The number of primary amides is 1. The lowest BCUT2D eigenvalue weighted by atomic mass is 9.58. The molecule has 12 heteroatoms. The minimum atomic E-state index is -2.72. The molecule has 0 unspecified atom stereocenters. The Balaban J connectivity index is 1.75. The predicted octanol–water partition coefficient (Wildman–Crippen LogP) is 1.67. The lowest BCUT2D eigenvalue weighted by Crippen LogP contribution is -2.63. The molecule has 0 bridgehead atoms. The molecule has 1 amide bonds. The maximum atomic E-state index is 14.2. The third kappa shape index (κ3) is 4.08. The number of fused-ring (bicyclic) bond motifs is 3. The van der Waals surface area contributed by atoms with Crippen molar-refractivity contribution in [2.24, 2.45) is 22.7 Å². The largest absolute Gasteiger partial charge is 0.510 e. The fourth-order valence-corrected chi connectivity index (χ4v) is 6.46. The number of pyridine rings is 1. The van der Waals surface area contributed by atoms with Crippen LogP contribution in [0.1, 0.15) is 33.6 Å². The SMILES string of the molecule is CN(C)c1cc(C#Cc2ccccn2)c(N=O)c2c1C[C@H]1C[C@H]3[C@H](N(C)C)C(O)=C(C(N)=O)C(=O)[C@@]3(O)C(O)=C1C2=O. The summed E-state index contributed by atoms with van der Waals surface area (Å²) in [5.41, 5.74) is 2.89. The Labute approximate surface area is 241 Å². The molecule has 0 saturated heterocycles. The number of Topliss-reactive ketones (excluding diaryl/α,β-unsaturated/α-hetero) is 2. The van der Waals surface area contributed by atoms with E-state index in [2.05, 4.69) is 22.0 Å². The highest BCUT2D eigenvalue weighted by Gasteiger charge is 2.63. The number of benzene rings is 1. The van der Waals surface area contributed by atoms with Gasteiger partial charge in [0.1, 0.15) is 28.5 Å². The summed E-state index contributed by atoms with van der Waals surface area (Å²) < 4.78 is 0. The minimum Gasteiger partial charge on any atom is -0.510 e. The number of nitrogens with zero attached hydrogens (tertiary/aromatic N) is 4. The summed E-state index contributed by atoms with van der Waals surface area (Å²) >= 11 is 0. The van der Waals surface area contributed by atoms with Gasteiger partial charge in [-0.2, -0.15) is 0 Å². The molecule has 5 N–H and O–H groups in total. The number of amides is 1. The molecule has 0 spiro atoms. The molecule has 1 aromatic heterocycles. The van der Waals surface area contributed by atoms with Crippen LogP contribution in [0, 0.1) is 28.6 Å². The number of hydrogen-bond donors (Lipinski definition) is 4. The van der Waals surface area contributed by atoms with Crippen LogP contribution in [0.25, 0.3) is 0 Å². The molecule has 2 aromatic rings. The summed E-state index contributed by atoms with van der Waals surface area (Å²) in [6.07, 6.45) is 1.70. The molecular weight excluding hydrogens is 542 g/mol. The number of aliphatic hydroxyl groups is 3. The standard InChI is InChI=1S/C30H29N5O7/c1-34(2)19-13-14(8-9-16-7-5-6-10-32-16)23(33-42)21-17(19)11-15-12-18-24(35(3)4)26(37)22(29(31)40)28(39)30(18,41)27(38)20(15)25(21)36/h5-7,10,13,15,18,24,37-38,41H,11-12H2,1-4H3,(H2,31,40)/t15-,18-,24-,30-/m0/s1. The van der Waals surface area contributed by atoms with Crippen molar-refractivity contribution in [3.05, 3.63) is 80.4 Å². The molecule has 1 aromatic carbocycles. The Morgan fingerprint density at radius 2 is 1.88 bits per heavy atom. The molecule has 42 heavy (non-hydrogen) atoms. The molecule has 4 atom stereocenters. The van der Waals surface area contributed by atoms with E-state index in [0.717, 1.165) is 0 Å². The third-order valence-electron chi connectivity index (χ3n) is 8.26. The molecule has 5 rings (SSSR count). The number of anilines is 1. The summed E-state index contributed by atoms with van der Waals surface area (Å²) in [6.45, 7) is 0. The number of aromatic nitrogens is 1. The van der Waals surface area contributed by atoms with Crippen LogP contribution < -0.4 is 10.6 Å². The Hall–Kier alpha value is -4.86. The molecule has 0 radical (unpaired) electrons. The van der Waals surface area contributed by atoms with Gasteiger partial charge in [-0.15, -0.1) is 4.91 Å². The number of nitroso groups, excluding NO2 is 1. The van der Waals surface area contributed by atoms with Gasteiger partial charge >= 0.3 is 0 Å². The van der Waals surface area contributed by atoms with E-state index >= 15 is 0 Å². The average molecular weight is 572 g/mol. The first-order valence-electron chi connectivity index (χ1n) is 13.1. The van der Waals surface area contributed by atoms with Crippen LogP contribution in [0.3, 0.4) is 0 Å². The number of allylic oxidation sites excluding steroid dienone is 1. The molecule has 0 saturated carbocycles. The van der Waals surface area contributed by atoms with Gasteiger partial charge in [-0.1, -0.05) is 12.0 Å². The van der Waals surface area contributed by atoms with Crippen LogP contribution in [0.5, 0.6) is 0 Å². The van der Waals surface area contributed by atoms with Crippen molar-refractivity contribution >= 4 is 28.8 Å². The molecule has 1 heterocycles. The second kappa shape index (κ2) is 10.2. The summed E-state index contributed by atoms with van der Waals surface area (Å²) in [6, 6.07) is 5.75. The molecule has 0 fully saturated rings. The van der Waals surface area contributed by atoms with Gasteiger partial charge in [0.05, 0.1) is 17.2 Å². The van der Waals surface area contributed by atoms with Gasteiger partial charge in [0.25, 0.3) is 5.91 Å². The summed E-state index contributed by atoms with van der Waals surface area (Å²) in [5.74, 6) is -1.00. The van der Waals surface area contributed by atoms with Gasteiger partial charge in [-0.05, 0) is 67.7 Å². The van der Waals surface area contributed by atoms with Gasteiger partial charge in [0.15, 0.2) is 11.4 Å². The Morgan fingerprint density at radius 1 is 1.17 bits per heavy atom. The number of likely N-dealkylation sites (N-methyl/N-ethyl adjacent to an activating group) is 1. The first-order chi connectivity index (χ1) is 19.8. The highest BCUT2D eigenvalue weighted by molar-refractivity contribution is 6.25. The molecule has 12 nitrogen and oxygen atoms in total. The Kier molecular flexibility index (Phi) is 6.96. The smallest absolute Gasteiger partial charge is 0.255 e. The van der Waals surface area contributed by atoms with Crippen molar-refractivity contribution in [3.63, 3.8) is 0 Å². The molecule has 3 aliphatic rings. The lowest BCUT2D eigenvalue weighted by Gasteiger charge is -2.50. The first kappa shape index (κ1) is 28.7. The van der Waals surface area contributed by atoms with Crippen LogP contribution in [0.2, 0.25) is 0 Å². The van der Waals surface area contributed by atoms with Crippen LogP contribution in [-0.4, -0.2) is 82.5 Å². The van der Waals surface area contributed by atoms with Crippen molar-refractivity contribution in [3.8, 4) is 11.8 Å². The summed E-state index contributed by atoms with van der Waals surface area (Å²) in [5, 5.41) is 37.4. The molecule has 216 valence electrons. The minimum absolute atomic E-state index is 0.0102.